The standard InChI is InChI=1S/C16H18N2O3/c1-19-13-7-8-14(16(17)18)15(11-13)21-10-9-20-12-5-3-2-4-6-12/h2-8,11H,9-10H2,1H3,(H3,17,18). The molecule has 0 atom stereocenters. The SMILES string of the molecule is COc1ccc(C(=N)N)c(OCCOc2ccccc2)c1. The van der Waals surface area contributed by atoms with Crippen molar-refractivity contribution in [2.45, 2.75) is 0 Å². The molecule has 0 aliphatic rings. The summed E-state index contributed by atoms with van der Waals surface area (Å²) in [5, 5.41) is 7.54. The zero-order valence-electron chi connectivity index (χ0n) is 11.8. The maximum Gasteiger partial charge on any atom is 0.134 e. The molecule has 0 heterocycles. The molecule has 0 aromatic heterocycles. The number of nitrogens with one attached hydrogen (secondary N) is 1. The third-order valence-corrected chi connectivity index (χ3v) is 2.83. The van der Waals surface area contributed by atoms with Gasteiger partial charge in [0.1, 0.15) is 36.3 Å². The summed E-state index contributed by atoms with van der Waals surface area (Å²) >= 11 is 0. The van der Waals surface area contributed by atoms with Gasteiger partial charge in [-0.1, -0.05) is 18.2 Å². The molecule has 2 aromatic carbocycles. The summed E-state index contributed by atoms with van der Waals surface area (Å²) in [6, 6.07) is 14.7. The van der Waals surface area contributed by atoms with Crippen LogP contribution >= 0.6 is 0 Å². The first-order valence-electron chi connectivity index (χ1n) is 6.54. The molecule has 0 unspecified atom stereocenters. The van der Waals surface area contributed by atoms with Crippen LogP contribution in [0.25, 0.3) is 0 Å². The summed E-state index contributed by atoms with van der Waals surface area (Å²) in [5.74, 6) is 1.91. The lowest BCUT2D eigenvalue weighted by Crippen LogP contribution is -2.15. The fourth-order valence-electron chi connectivity index (χ4n) is 1.80. The van der Waals surface area contributed by atoms with Gasteiger partial charge in [0.05, 0.1) is 12.7 Å². The van der Waals surface area contributed by atoms with E-state index in [9.17, 15) is 0 Å². The number of benzene rings is 2. The topological polar surface area (TPSA) is 77.6 Å². The predicted molar refractivity (Wildman–Crippen MR) is 81.4 cm³/mol. The fourth-order valence-corrected chi connectivity index (χ4v) is 1.80. The second kappa shape index (κ2) is 7.19. The number of hydrogen-bond donors (Lipinski definition) is 2. The van der Waals surface area contributed by atoms with Crippen LogP contribution in [-0.2, 0) is 0 Å². The second-order valence-corrected chi connectivity index (χ2v) is 4.29. The third-order valence-electron chi connectivity index (χ3n) is 2.83. The van der Waals surface area contributed by atoms with E-state index in [1.165, 1.54) is 0 Å². The minimum atomic E-state index is -0.0448. The minimum absolute atomic E-state index is 0.0448. The number of hydrogen-bond acceptors (Lipinski definition) is 4. The zero-order valence-corrected chi connectivity index (χ0v) is 11.8. The molecule has 3 N–H and O–H groups in total. The molecular weight excluding hydrogens is 268 g/mol. The lowest BCUT2D eigenvalue weighted by molar-refractivity contribution is 0.216. The van der Waals surface area contributed by atoms with Gasteiger partial charge in [0, 0.05) is 6.07 Å². The monoisotopic (exact) mass is 286 g/mol. The van der Waals surface area contributed by atoms with Crippen LogP contribution in [0.5, 0.6) is 17.2 Å². The van der Waals surface area contributed by atoms with Crippen LogP contribution in [0.2, 0.25) is 0 Å². The van der Waals surface area contributed by atoms with Gasteiger partial charge in [-0.15, -0.1) is 0 Å². The molecule has 0 fully saturated rings. The summed E-state index contributed by atoms with van der Waals surface area (Å²) in [7, 11) is 1.57. The Hall–Kier alpha value is -2.69. The third kappa shape index (κ3) is 4.14. The lowest BCUT2D eigenvalue weighted by atomic mass is 10.2. The van der Waals surface area contributed by atoms with E-state index in [-0.39, 0.29) is 5.84 Å². The Morgan fingerprint density at radius 1 is 1.00 bits per heavy atom. The number of rotatable bonds is 7. The van der Waals surface area contributed by atoms with Crippen molar-refractivity contribution < 1.29 is 14.2 Å². The van der Waals surface area contributed by atoms with Gasteiger partial charge in [0.25, 0.3) is 0 Å². The molecule has 0 bridgehead atoms. The molecule has 2 rings (SSSR count). The smallest absolute Gasteiger partial charge is 0.134 e. The number of amidine groups is 1. The van der Waals surface area contributed by atoms with E-state index in [0.717, 1.165) is 5.75 Å². The molecule has 110 valence electrons. The van der Waals surface area contributed by atoms with Gasteiger partial charge in [-0.2, -0.15) is 0 Å². The molecule has 0 aliphatic carbocycles. The van der Waals surface area contributed by atoms with E-state index < -0.39 is 0 Å². The van der Waals surface area contributed by atoms with Gasteiger partial charge in [-0.3, -0.25) is 5.41 Å². The van der Waals surface area contributed by atoms with Gasteiger partial charge >= 0.3 is 0 Å². The highest BCUT2D eigenvalue weighted by atomic mass is 16.5. The van der Waals surface area contributed by atoms with Crippen molar-refractivity contribution >= 4 is 5.84 Å². The van der Waals surface area contributed by atoms with Crippen LogP contribution in [0.1, 0.15) is 5.56 Å². The highest BCUT2D eigenvalue weighted by molar-refractivity contribution is 5.97. The summed E-state index contributed by atoms with van der Waals surface area (Å²) in [6.45, 7) is 0.751. The van der Waals surface area contributed by atoms with E-state index >= 15 is 0 Å². The van der Waals surface area contributed by atoms with Gasteiger partial charge in [-0.05, 0) is 24.3 Å². The first-order valence-corrected chi connectivity index (χ1v) is 6.54. The normalized spacial score (nSPS) is 9.95. The maximum atomic E-state index is 7.54. The summed E-state index contributed by atoms with van der Waals surface area (Å²) in [6.07, 6.45) is 0. The Kier molecular flexibility index (Phi) is 5.04. The van der Waals surface area contributed by atoms with E-state index in [2.05, 4.69) is 0 Å². The van der Waals surface area contributed by atoms with Crippen molar-refractivity contribution in [2.75, 3.05) is 20.3 Å². The average molecular weight is 286 g/mol. The van der Waals surface area contributed by atoms with Crippen LogP contribution in [0.15, 0.2) is 48.5 Å². The molecule has 0 saturated heterocycles. The molecule has 2 aromatic rings. The molecule has 21 heavy (non-hydrogen) atoms. The fraction of sp³-hybridized carbons (Fsp3) is 0.188. The van der Waals surface area contributed by atoms with E-state index in [1.54, 1.807) is 25.3 Å². The maximum absolute atomic E-state index is 7.54. The quantitative estimate of drug-likeness (QED) is 0.465. The van der Waals surface area contributed by atoms with Gasteiger partial charge in [0.2, 0.25) is 0 Å². The Morgan fingerprint density at radius 3 is 2.38 bits per heavy atom. The molecule has 5 nitrogen and oxygen atoms in total. The molecule has 0 spiro atoms. The Bertz CT molecular complexity index is 600. The number of para-hydroxylation sites is 1. The molecular formula is C16H18N2O3. The largest absolute Gasteiger partial charge is 0.497 e. The van der Waals surface area contributed by atoms with Crippen molar-refractivity contribution in [2.24, 2.45) is 5.73 Å². The van der Waals surface area contributed by atoms with Crippen LogP contribution in [0.4, 0.5) is 0 Å². The van der Waals surface area contributed by atoms with Crippen LogP contribution < -0.4 is 19.9 Å². The average Bonchev–Trinajstić information content (AvgIpc) is 2.52. The summed E-state index contributed by atoms with van der Waals surface area (Å²) < 4.78 is 16.3. The summed E-state index contributed by atoms with van der Waals surface area (Å²) in [4.78, 5) is 0. The Balaban J connectivity index is 1.94. The highest BCUT2D eigenvalue weighted by Gasteiger charge is 2.08. The molecule has 0 amide bonds. The van der Waals surface area contributed by atoms with E-state index in [0.29, 0.717) is 30.3 Å². The molecule has 0 saturated carbocycles. The molecule has 5 heteroatoms. The van der Waals surface area contributed by atoms with Crippen molar-refractivity contribution in [1.29, 1.82) is 5.41 Å². The first kappa shape index (κ1) is 14.7. The molecule has 0 aliphatic heterocycles. The van der Waals surface area contributed by atoms with Crippen LogP contribution in [0.3, 0.4) is 0 Å². The van der Waals surface area contributed by atoms with E-state index in [1.807, 2.05) is 30.3 Å². The minimum Gasteiger partial charge on any atom is -0.497 e. The van der Waals surface area contributed by atoms with Gasteiger partial charge in [0.15, 0.2) is 0 Å². The first-order chi connectivity index (χ1) is 10.2. The Labute approximate surface area is 123 Å². The zero-order chi connectivity index (χ0) is 15.1. The number of ether oxygens (including phenoxy) is 3. The van der Waals surface area contributed by atoms with Crippen LogP contribution in [0, 0.1) is 5.41 Å². The molecule has 0 radical (unpaired) electrons. The van der Waals surface area contributed by atoms with Crippen LogP contribution in [-0.4, -0.2) is 26.2 Å². The number of methoxy groups -OCH3 is 1. The van der Waals surface area contributed by atoms with Crippen molar-refractivity contribution in [3.05, 3.63) is 54.1 Å². The van der Waals surface area contributed by atoms with E-state index in [4.69, 9.17) is 25.4 Å². The lowest BCUT2D eigenvalue weighted by Gasteiger charge is -2.12. The number of nitrogens with two attached hydrogens (primary N) is 1. The van der Waals surface area contributed by atoms with Gasteiger partial charge in [-0.25, -0.2) is 0 Å². The summed E-state index contributed by atoms with van der Waals surface area (Å²) in [5.41, 5.74) is 6.07. The predicted octanol–water partition coefficient (Wildman–Crippen LogP) is 2.44. The van der Waals surface area contributed by atoms with Crippen molar-refractivity contribution in [3.8, 4) is 17.2 Å². The second-order valence-electron chi connectivity index (χ2n) is 4.29. The van der Waals surface area contributed by atoms with Crippen molar-refractivity contribution in [3.63, 3.8) is 0 Å². The number of nitrogen functional groups attached to an aromatic ring is 1. The highest BCUT2D eigenvalue weighted by Crippen LogP contribution is 2.24. The Morgan fingerprint density at radius 2 is 1.71 bits per heavy atom. The van der Waals surface area contributed by atoms with Crippen molar-refractivity contribution in [1.82, 2.24) is 0 Å². The van der Waals surface area contributed by atoms with Gasteiger partial charge < -0.3 is 19.9 Å².